The van der Waals surface area contributed by atoms with Crippen molar-refractivity contribution in [3.05, 3.63) is 20.9 Å². The molecule has 24 heavy (non-hydrogen) atoms. The van der Waals surface area contributed by atoms with Crippen molar-refractivity contribution in [1.29, 1.82) is 0 Å². The molecule has 4 N–H and O–H groups in total. The number of hydrazine groups is 1. The van der Waals surface area contributed by atoms with Crippen LogP contribution in [0.3, 0.4) is 0 Å². The number of thiophene rings is 1. The average Bonchev–Trinajstić information content (AvgIpc) is 2.94. The maximum atomic E-state index is 12.1. The van der Waals surface area contributed by atoms with E-state index in [1.807, 2.05) is 0 Å². The largest absolute Gasteiger partial charge is 0.478 e. The summed E-state index contributed by atoms with van der Waals surface area (Å²) >= 11 is 1.77. The lowest BCUT2D eigenvalue weighted by atomic mass is 9.75. The van der Waals surface area contributed by atoms with Crippen molar-refractivity contribution in [3.63, 3.8) is 0 Å². The Hall–Kier alpha value is -0.910. The molecule has 3 rings (SSSR count). The van der Waals surface area contributed by atoms with Gasteiger partial charge in [-0.1, -0.05) is 27.7 Å². The molecule has 134 valence electrons. The molecule has 1 aromatic rings. The highest BCUT2D eigenvalue weighted by Crippen LogP contribution is 2.54. The number of hydrogen-bond acceptors (Lipinski definition) is 4. The number of rotatable bonds is 4. The number of aryl methyl sites for hydroxylation is 1. The minimum atomic E-state index is -0.746. The minimum absolute atomic E-state index is 0.197. The van der Waals surface area contributed by atoms with E-state index in [-0.39, 0.29) is 10.8 Å². The maximum absolute atomic E-state index is 12.1. The van der Waals surface area contributed by atoms with Crippen LogP contribution in [0.5, 0.6) is 0 Å². The third-order valence-corrected chi connectivity index (χ3v) is 7.31. The molecule has 1 heterocycles. The molecular formula is C19H30N2O2S. The van der Waals surface area contributed by atoms with Crippen LogP contribution < -0.4 is 11.3 Å². The zero-order valence-corrected chi connectivity index (χ0v) is 16.1. The van der Waals surface area contributed by atoms with Crippen molar-refractivity contribution in [3.8, 4) is 0 Å². The molecule has 0 radical (unpaired) electrons. The van der Waals surface area contributed by atoms with E-state index in [0.29, 0.717) is 17.4 Å². The van der Waals surface area contributed by atoms with Gasteiger partial charge in [0.1, 0.15) is 0 Å². The van der Waals surface area contributed by atoms with Crippen molar-refractivity contribution in [1.82, 2.24) is 5.43 Å². The molecule has 0 aliphatic heterocycles. The lowest BCUT2D eigenvalue weighted by Crippen LogP contribution is -2.30. The Morgan fingerprint density at radius 3 is 2.62 bits per heavy atom. The number of carboxylic acid groups (broad SMARTS) is 1. The standard InChI is InChI=1S/C19H30N2O2S/c1-18(2)6-5-14-13(9-18)15(17(22)23)16(24-14)12-8-19(3,4)7-11(12)10-21-20/h11-12,21H,5-10,20H2,1-4H3,(H,22,23)/t11-,12-/m1/s1. The molecule has 0 amide bonds. The minimum Gasteiger partial charge on any atom is -0.478 e. The molecule has 0 saturated heterocycles. The molecule has 4 nitrogen and oxygen atoms in total. The molecule has 0 bridgehead atoms. The molecule has 1 saturated carbocycles. The van der Waals surface area contributed by atoms with Crippen LogP contribution >= 0.6 is 11.3 Å². The van der Waals surface area contributed by atoms with Crippen LogP contribution in [0.2, 0.25) is 0 Å². The molecule has 1 aromatic heterocycles. The van der Waals surface area contributed by atoms with Gasteiger partial charge in [0.2, 0.25) is 0 Å². The second-order valence-corrected chi connectivity index (χ2v) is 10.4. The SMILES string of the molecule is CC1(C)CCc2sc([C@@H]3CC(C)(C)C[C@@H]3CNN)c(C(=O)O)c2C1. The van der Waals surface area contributed by atoms with Crippen LogP contribution in [0.1, 0.15) is 78.6 Å². The first-order valence-electron chi connectivity index (χ1n) is 8.95. The maximum Gasteiger partial charge on any atom is 0.337 e. The van der Waals surface area contributed by atoms with Crippen molar-refractivity contribution >= 4 is 17.3 Å². The number of carbonyl (C=O) groups is 1. The Bertz CT molecular complexity index is 648. The second-order valence-electron chi connectivity index (χ2n) is 9.24. The zero-order chi connectivity index (χ0) is 17.7. The summed E-state index contributed by atoms with van der Waals surface area (Å²) in [6.07, 6.45) is 5.18. The van der Waals surface area contributed by atoms with Gasteiger partial charge in [-0.3, -0.25) is 11.3 Å². The summed E-state index contributed by atoms with van der Waals surface area (Å²) in [5.74, 6) is 5.58. The first-order valence-corrected chi connectivity index (χ1v) is 9.76. The lowest BCUT2D eigenvalue weighted by molar-refractivity contribution is 0.0693. The second kappa shape index (κ2) is 6.11. The van der Waals surface area contributed by atoms with Crippen LogP contribution in [0, 0.1) is 16.7 Å². The summed E-state index contributed by atoms with van der Waals surface area (Å²) in [5.41, 5.74) is 5.00. The van der Waals surface area contributed by atoms with Gasteiger partial charge < -0.3 is 5.11 Å². The van der Waals surface area contributed by atoms with E-state index < -0.39 is 5.97 Å². The molecule has 2 atom stereocenters. The monoisotopic (exact) mass is 350 g/mol. The molecular weight excluding hydrogens is 320 g/mol. The van der Waals surface area contributed by atoms with E-state index in [2.05, 4.69) is 33.1 Å². The molecule has 2 aliphatic carbocycles. The van der Waals surface area contributed by atoms with E-state index in [0.717, 1.165) is 49.1 Å². The van der Waals surface area contributed by atoms with Gasteiger partial charge in [0, 0.05) is 16.3 Å². The zero-order valence-electron chi connectivity index (χ0n) is 15.2. The van der Waals surface area contributed by atoms with Crippen molar-refractivity contribution in [2.75, 3.05) is 6.54 Å². The van der Waals surface area contributed by atoms with Gasteiger partial charge in [-0.15, -0.1) is 11.3 Å². The van der Waals surface area contributed by atoms with Gasteiger partial charge in [0.05, 0.1) is 5.56 Å². The molecule has 0 spiro atoms. The van der Waals surface area contributed by atoms with Crippen LogP contribution in [-0.4, -0.2) is 17.6 Å². The molecule has 0 unspecified atom stereocenters. The fourth-order valence-electron chi connectivity index (χ4n) is 4.81. The quantitative estimate of drug-likeness (QED) is 0.568. The van der Waals surface area contributed by atoms with E-state index in [1.54, 1.807) is 11.3 Å². The van der Waals surface area contributed by atoms with Crippen molar-refractivity contribution in [2.45, 2.75) is 65.7 Å². The smallest absolute Gasteiger partial charge is 0.337 e. The number of nitrogens with one attached hydrogen (secondary N) is 1. The normalized spacial score (nSPS) is 27.9. The van der Waals surface area contributed by atoms with E-state index in [1.165, 1.54) is 4.88 Å². The predicted molar refractivity (Wildman–Crippen MR) is 98.5 cm³/mol. The van der Waals surface area contributed by atoms with Gasteiger partial charge in [0.15, 0.2) is 0 Å². The predicted octanol–water partition coefficient (Wildman–Crippen LogP) is 3.94. The number of fused-ring (bicyclic) bond motifs is 1. The van der Waals surface area contributed by atoms with Crippen LogP contribution in [0.25, 0.3) is 0 Å². The summed E-state index contributed by atoms with van der Waals surface area (Å²) in [6, 6.07) is 0. The first kappa shape index (κ1) is 17.9. The third-order valence-electron chi connectivity index (χ3n) is 5.89. The highest BCUT2D eigenvalue weighted by Gasteiger charge is 2.43. The van der Waals surface area contributed by atoms with Gasteiger partial charge in [0.25, 0.3) is 0 Å². The Morgan fingerprint density at radius 1 is 1.29 bits per heavy atom. The fourth-order valence-corrected chi connectivity index (χ4v) is 6.31. The third kappa shape index (κ3) is 3.26. The van der Waals surface area contributed by atoms with Crippen molar-refractivity contribution in [2.24, 2.45) is 22.6 Å². The molecule has 5 heteroatoms. The van der Waals surface area contributed by atoms with Crippen LogP contribution in [0.4, 0.5) is 0 Å². The van der Waals surface area contributed by atoms with Crippen molar-refractivity contribution < 1.29 is 9.90 Å². The fraction of sp³-hybridized carbons (Fsp3) is 0.737. The van der Waals surface area contributed by atoms with Gasteiger partial charge >= 0.3 is 5.97 Å². The van der Waals surface area contributed by atoms with E-state index in [4.69, 9.17) is 5.84 Å². The van der Waals surface area contributed by atoms with E-state index in [9.17, 15) is 9.90 Å². The van der Waals surface area contributed by atoms with Gasteiger partial charge in [-0.05, 0) is 60.3 Å². The Kier molecular flexibility index (Phi) is 4.56. The highest BCUT2D eigenvalue weighted by atomic mass is 32.1. The molecule has 0 aromatic carbocycles. The number of nitrogens with two attached hydrogens (primary N) is 1. The topological polar surface area (TPSA) is 75.3 Å². The molecule has 1 fully saturated rings. The summed E-state index contributed by atoms with van der Waals surface area (Å²) < 4.78 is 0. The van der Waals surface area contributed by atoms with Crippen LogP contribution in [0.15, 0.2) is 0 Å². The summed E-state index contributed by atoms with van der Waals surface area (Å²) in [4.78, 5) is 14.5. The Morgan fingerprint density at radius 2 is 2.00 bits per heavy atom. The summed E-state index contributed by atoms with van der Waals surface area (Å²) in [5, 5.41) is 9.95. The van der Waals surface area contributed by atoms with Gasteiger partial charge in [-0.25, -0.2) is 4.79 Å². The molecule has 2 aliphatic rings. The number of hydrogen-bond donors (Lipinski definition) is 3. The first-order chi connectivity index (χ1) is 11.1. The highest BCUT2D eigenvalue weighted by molar-refractivity contribution is 7.12. The van der Waals surface area contributed by atoms with E-state index >= 15 is 0 Å². The van der Waals surface area contributed by atoms with Crippen LogP contribution in [-0.2, 0) is 12.8 Å². The summed E-state index contributed by atoms with van der Waals surface area (Å²) in [6.45, 7) is 9.82. The Balaban J connectivity index is 2.05. The number of carboxylic acids is 1. The average molecular weight is 351 g/mol. The van der Waals surface area contributed by atoms with Gasteiger partial charge in [-0.2, -0.15) is 0 Å². The lowest BCUT2D eigenvalue weighted by Gasteiger charge is -2.29. The Labute approximate surface area is 148 Å². The number of aromatic carboxylic acids is 1. The summed E-state index contributed by atoms with van der Waals surface area (Å²) in [7, 11) is 0.